The molecule has 0 amide bonds. The molecule has 2 unspecified atom stereocenters. The number of halogens is 1. The third-order valence-electron chi connectivity index (χ3n) is 3.89. The normalized spacial score (nSPS) is 13.9. The summed E-state index contributed by atoms with van der Waals surface area (Å²) in [6, 6.07) is 10.3. The SMILES string of the molecule is CCCOc1ccc2cc(OC(C)C(Cl)CC)ccc2c1C. The lowest BCUT2D eigenvalue weighted by Gasteiger charge is -2.19. The Balaban J connectivity index is 2.24. The molecule has 0 radical (unpaired) electrons. The van der Waals surface area contributed by atoms with Gasteiger partial charge in [-0.05, 0) is 61.2 Å². The van der Waals surface area contributed by atoms with Crippen LogP contribution in [0.1, 0.15) is 39.2 Å². The van der Waals surface area contributed by atoms with E-state index in [-0.39, 0.29) is 11.5 Å². The van der Waals surface area contributed by atoms with Gasteiger partial charge in [0.2, 0.25) is 0 Å². The van der Waals surface area contributed by atoms with Gasteiger partial charge in [0.15, 0.2) is 0 Å². The first-order chi connectivity index (χ1) is 10.6. The van der Waals surface area contributed by atoms with Gasteiger partial charge in [-0.1, -0.05) is 26.0 Å². The van der Waals surface area contributed by atoms with Crippen molar-refractivity contribution in [3.05, 3.63) is 35.9 Å². The van der Waals surface area contributed by atoms with E-state index in [9.17, 15) is 0 Å². The fourth-order valence-electron chi connectivity index (χ4n) is 2.51. The number of fused-ring (bicyclic) bond motifs is 1. The van der Waals surface area contributed by atoms with Crippen LogP contribution in [-0.2, 0) is 0 Å². The highest BCUT2D eigenvalue weighted by Gasteiger charge is 2.14. The van der Waals surface area contributed by atoms with Crippen molar-refractivity contribution < 1.29 is 9.47 Å². The molecule has 0 N–H and O–H groups in total. The third kappa shape index (κ3) is 3.86. The van der Waals surface area contributed by atoms with Gasteiger partial charge in [-0.15, -0.1) is 11.6 Å². The van der Waals surface area contributed by atoms with Crippen LogP contribution < -0.4 is 9.47 Å². The standard InChI is InChI=1S/C19H25ClO2/c1-5-11-21-19-10-7-15-12-16(8-9-17(15)13(19)3)22-14(4)18(20)6-2/h7-10,12,14,18H,5-6,11H2,1-4H3. The molecule has 0 aromatic heterocycles. The molecule has 0 saturated carbocycles. The van der Waals surface area contributed by atoms with Crippen LogP contribution in [0, 0.1) is 6.92 Å². The Hall–Kier alpha value is -1.41. The minimum atomic E-state index is -0.00243. The number of rotatable bonds is 7. The van der Waals surface area contributed by atoms with Crippen molar-refractivity contribution >= 4 is 22.4 Å². The van der Waals surface area contributed by atoms with Gasteiger partial charge in [-0.2, -0.15) is 0 Å². The average molecular weight is 321 g/mol. The molecule has 2 atom stereocenters. The predicted octanol–water partition coefficient (Wildman–Crippen LogP) is 5.72. The van der Waals surface area contributed by atoms with Crippen LogP contribution in [0.15, 0.2) is 30.3 Å². The zero-order valence-corrected chi connectivity index (χ0v) is 14.6. The number of benzene rings is 2. The van der Waals surface area contributed by atoms with E-state index in [4.69, 9.17) is 21.1 Å². The molecule has 0 saturated heterocycles. The first kappa shape index (κ1) is 17.0. The lowest BCUT2D eigenvalue weighted by atomic mass is 10.0. The molecule has 120 valence electrons. The second-order valence-corrected chi connectivity index (χ2v) is 6.23. The Morgan fingerprint density at radius 2 is 1.91 bits per heavy atom. The summed E-state index contributed by atoms with van der Waals surface area (Å²) in [6.07, 6.45) is 1.91. The van der Waals surface area contributed by atoms with Gasteiger partial charge in [-0.25, -0.2) is 0 Å². The highest BCUT2D eigenvalue weighted by Crippen LogP contribution is 2.30. The summed E-state index contributed by atoms with van der Waals surface area (Å²) >= 11 is 6.24. The summed E-state index contributed by atoms with van der Waals surface area (Å²) < 4.78 is 11.7. The third-order valence-corrected chi connectivity index (χ3v) is 4.56. The van der Waals surface area contributed by atoms with Crippen molar-refractivity contribution in [1.82, 2.24) is 0 Å². The Morgan fingerprint density at radius 1 is 1.14 bits per heavy atom. The van der Waals surface area contributed by atoms with Crippen molar-refractivity contribution in [1.29, 1.82) is 0 Å². The quantitative estimate of drug-likeness (QED) is 0.607. The lowest BCUT2D eigenvalue weighted by Crippen LogP contribution is -2.23. The lowest BCUT2D eigenvalue weighted by molar-refractivity contribution is 0.214. The molecular weight excluding hydrogens is 296 g/mol. The first-order valence-corrected chi connectivity index (χ1v) is 8.47. The van der Waals surface area contributed by atoms with Crippen LogP contribution in [-0.4, -0.2) is 18.1 Å². The molecule has 0 bridgehead atoms. The molecule has 0 spiro atoms. The minimum absolute atomic E-state index is 0.00243. The van der Waals surface area contributed by atoms with E-state index in [2.05, 4.69) is 39.0 Å². The molecule has 0 fully saturated rings. The molecule has 3 heteroatoms. The smallest absolute Gasteiger partial charge is 0.122 e. The molecule has 2 aromatic rings. The summed E-state index contributed by atoms with van der Waals surface area (Å²) in [6.45, 7) is 9.04. The number of aryl methyl sites for hydroxylation is 1. The highest BCUT2D eigenvalue weighted by molar-refractivity contribution is 6.21. The molecule has 22 heavy (non-hydrogen) atoms. The van der Waals surface area contributed by atoms with Crippen LogP contribution in [0.3, 0.4) is 0 Å². The summed E-state index contributed by atoms with van der Waals surface area (Å²) in [4.78, 5) is 0. The molecule has 2 nitrogen and oxygen atoms in total. The van der Waals surface area contributed by atoms with Gasteiger partial charge < -0.3 is 9.47 Å². The van der Waals surface area contributed by atoms with Gasteiger partial charge in [0, 0.05) is 0 Å². The summed E-state index contributed by atoms with van der Waals surface area (Å²) in [7, 11) is 0. The van der Waals surface area contributed by atoms with E-state index in [1.165, 1.54) is 10.9 Å². The molecule has 2 rings (SSSR count). The molecule has 2 aromatic carbocycles. The van der Waals surface area contributed by atoms with E-state index in [1.54, 1.807) is 0 Å². The van der Waals surface area contributed by atoms with Crippen molar-refractivity contribution in [3.63, 3.8) is 0 Å². The second-order valence-electron chi connectivity index (χ2n) is 5.67. The molecular formula is C19H25ClO2. The number of ether oxygens (including phenoxy) is 2. The van der Waals surface area contributed by atoms with Gasteiger partial charge >= 0.3 is 0 Å². The zero-order valence-electron chi connectivity index (χ0n) is 13.9. The Bertz CT molecular complexity index is 624. The topological polar surface area (TPSA) is 18.5 Å². The van der Waals surface area contributed by atoms with Crippen LogP contribution in [0.2, 0.25) is 0 Å². The molecule has 0 heterocycles. The molecule has 0 aliphatic heterocycles. The van der Waals surface area contributed by atoms with Crippen LogP contribution in [0.4, 0.5) is 0 Å². The maximum atomic E-state index is 6.24. The first-order valence-electron chi connectivity index (χ1n) is 8.03. The Kier molecular flexibility index (Phi) is 5.96. The van der Waals surface area contributed by atoms with Crippen molar-refractivity contribution in [2.75, 3.05) is 6.61 Å². The zero-order chi connectivity index (χ0) is 16.1. The van der Waals surface area contributed by atoms with E-state index in [1.807, 2.05) is 19.1 Å². The maximum absolute atomic E-state index is 6.24. The number of alkyl halides is 1. The van der Waals surface area contributed by atoms with Crippen LogP contribution >= 0.6 is 11.6 Å². The van der Waals surface area contributed by atoms with E-state index < -0.39 is 0 Å². The molecule has 0 aliphatic rings. The van der Waals surface area contributed by atoms with E-state index >= 15 is 0 Å². The van der Waals surface area contributed by atoms with Crippen molar-refractivity contribution in [2.24, 2.45) is 0 Å². The largest absolute Gasteiger partial charge is 0.493 e. The van der Waals surface area contributed by atoms with Crippen LogP contribution in [0.25, 0.3) is 10.8 Å². The minimum Gasteiger partial charge on any atom is -0.493 e. The number of hydrogen-bond acceptors (Lipinski definition) is 2. The number of hydrogen-bond donors (Lipinski definition) is 0. The average Bonchev–Trinajstić information content (AvgIpc) is 2.53. The van der Waals surface area contributed by atoms with Gasteiger partial charge in [-0.3, -0.25) is 0 Å². The van der Waals surface area contributed by atoms with E-state index in [0.717, 1.165) is 36.3 Å². The molecule has 0 aliphatic carbocycles. The maximum Gasteiger partial charge on any atom is 0.122 e. The fraction of sp³-hybridized carbons (Fsp3) is 0.474. The van der Waals surface area contributed by atoms with Crippen molar-refractivity contribution in [3.8, 4) is 11.5 Å². The summed E-state index contributed by atoms with van der Waals surface area (Å²) in [5.41, 5.74) is 1.18. The monoisotopic (exact) mass is 320 g/mol. The highest BCUT2D eigenvalue weighted by atomic mass is 35.5. The fourth-order valence-corrected chi connectivity index (χ4v) is 2.56. The summed E-state index contributed by atoms with van der Waals surface area (Å²) in [5, 5.41) is 2.39. The van der Waals surface area contributed by atoms with Gasteiger partial charge in [0.05, 0.1) is 12.0 Å². The summed E-state index contributed by atoms with van der Waals surface area (Å²) in [5.74, 6) is 1.82. The Labute approximate surface area is 138 Å². The van der Waals surface area contributed by atoms with Crippen LogP contribution in [0.5, 0.6) is 11.5 Å². The van der Waals surface area contributed by atoms with Gasteiger partial charge in [0.1, 0.15) is 17.6 Å². The van der Waals surface area contributed by atoms with Gasteiger partial charge in [0.25, 0.3) is 0 Å². The Morgan fingerprint density at radius 3 is 2.59 bits per heavy atom. The van der Waals surface area contributed by atoms with Crippen molar-refractivity contribution in [2.45, 2.75) is 52.0 Å². The second kappa shape index (κ2) is 7.73. The predicted molar refractivity (Wildman–Crippen MR) is 94.5 cm³/mol. The van der Waals surface area contributed by atoms with E-state index in [0.29, 0.717) is 0 Å².